The van der Waals surface area contributed by atoms with Gasteiger partial charge in [0.1, 0.15) is 11.5 Å². The molecule has 0 aliphatic rings. The lowest BCUT2D eigenvalue weighted by molar-refractivity contribution is -0.138. The SMILES string of the molecule is C=CC(=O)OCCCCOc1ccc(/C=C/c2ccc(-c3ccc(OC(=O)C(=C)CO)cc3)c(C)c2)cc1. The largest absolute Gasteiger partial charge is 0.494 e. The third-order valence-electron chi connectivity index (χ3n) is 5.67. The zero-order valence-electron chi connectivity index (χ0n) is 21.5. The molecule has 0 radical (unpaired) electrons. The number of esters is 2. The highest BCUT2D eigenvalue weighted by atomic mass is 16.5. The number of aryl methyl sites for hydroxylation is 1. The summed E-state index contributed by atoms with van der Waals surface area (Å²) in [6, 6.07) is 21.4. The predicted molar refractivity (Wildman–Crippen MR) is 150 cm³/mol. The van der Waals surface area contributed by atoms with E-state index in [0.717, 1.165) is 52.5 Å². The van der Waals surface area contributed by atoms with Crippen molar-refractivity contribution in [3.8, 4) is 22.6 Å². The molecule has 1 N–H and O–H groups in total. The van der Waals surface area contributed by atoms with E-state index in [2.05, 4.69) is 50.4 Å². The Kier molecular flexibility index (Phi) is 10.6. The molecule has 0 unspecified atom stereocenters. The third kappa shape index (κ3) is 8.61. The molecule has 3 aromatic rings. The van der Waals surface area contributed by atoms with Crippen LogP contribution in [0.5, 0.6) is 11.5 Å². The zero-order chi connectivity index (χ0) is 27.3. The van der Waals surface area contributed by atoms with Gasteiger partial charge in [-0.2, -0.15) is 0 Å². The molecule has 0 fully saturated rings. The van der Waals surface area contributed by atoms with Crippen LogP contribution in [0.15, 0.2) is 91.5 Å². The lowest BCUT2D eigenvalue weighted by Gasteiger charge is -2.09. The van der Waals surface area contributed by atoms with Crippen LogP contribution in [-0.2, 0) is 14.3 Å². The molecule has 0 heterocycles. The van der Waals surface area contributed by atoms with Crippen molar-refractivity contribution in [2.75, 3.05) is 19.8 Å². The highest BCUT2D eigenvalue weighted by molar-refractivity contribution is 5.89. The van der Waals surface area contributed by atoms with Crippen LogP contribution in [-0.4, -0.2) is 36.9 Å². The van der Waals surface area contributed by atoms with Crippen molar-refractivity contribution >= 4 is 24.1 Å². The molecule has 0 bridgehead atoms. The average Bonchev–Trinajstić information content (AvgIpc) is 2.94. The molecule has 0 spiro atoms. The van der Waals surface area contributed by atoms with E-state index in [-0.39, 0.29) is 5.57 Å². The summed E-state index contributed by atoms with van der Waals surface area (Å²) >= 11 is 0. The standard InChI is InChI=1S/C32H32O6/c1-4-31(34)37-20-6-5-19-36-28-14-9-25(10-15-28)7-8-26-11-18-30(23(2)21-26)27-12-16-29(17-13-27)38-32(35)24(3)22-33/h4,7-18,21,33H,1,3,5-6,19-20,22H2,2H3/b8-7+. The van der Waals surface area contributed by atoms with Crippen molar-refractivity contribution in [3.63, 3.8) is 0 Å². The monoisotopic (exact) mass is 512 g/mol. The van der Waals surface area contributed by atoms with Crippen LogP contribution in [0.25, 0.3) is 23.3 Å². The lowest BCUT2D eigenvalue weighted by Crippen LogP contribution is -2.12. The van der Waals surface area contributed by atoms with Gasteiger partial charge in [0.15, 0.2) is 0 Å². The van der Waals surface area contributed by atoms with E-state index in [1.54, 1.807) is 12.1 Å². The maximum atomic E-state index is 11.8. The topological polar surface area (TPSA) is 82.1 Å². The van der Waals surface area contributed by atoms with Crippen molar-refractivity contribution in [2.24, 2.45) is 0 Å². The second-order valence-electron chi connectivity index (χ2n) is 8.58. The molecular weight excluding hydrogens is 480 g/mol. The van der Waals surface area contributed by atoms with E-state index in [4.69, 9.17) is 19.3 Å². The Balaban J connectivity index is 1.52. The van der Waals surface area contributed by atoms with E-state index in [9.17, 15) is 9.59 Å². The number of carbonyl (C=O) groups is 2. The minimum Gasteiger partial charge on any atom is -0.494 e. The zero-order valence-corrected chi connectivity index (χ0v) is 21.5. The molecule has 0 aliphatic heterocycles. The molecular formula is C32H32O6. The van der Waals surface area contributed by atoms with Crippen molar-refractivity contribution in [1.82, 2.24) is 0 Å². The Morgan fingerprint density at radius 2 is 1.50 bits per heavy atom. The van der Waals surface area contributed by atoms with Gasteiger partial charge in [-0.3, -0.25) is 0 Å². The van der Waals surface area contributed by atoms with Gasteiger partial charge < -0.3 is 19.3 Å². The number of unbranched alkanes of at least 4 members (excludes halogenated alkanes) is 1. The van der Waals surface area contributed by atoms with E-state index < -0.39 is 18.5 Å². The molecule has 6 nitrogen and oxygen atoms in total. The van der Waals surface area contributed by atoms with Gasteiger partial charge in [0, 0.05) is 6.08 Å². The Morgan fingerprint density at radius 1 is 0.868 bits per heavy atom. The number of ether oxygens (including phenoxy) is 3. The Hall–Kier alpha value is -4.42. The smallest absolute Gasteiger partial charge is 0.341 e. The van der Waals surface area contributed by atoms with Crippen LogP contribution in [0, 0.1) is 6.92 Å². The summed E-state index contributed by atoms with van der Waals surface area (Å²) in [4.78, 5) is 22.8. The molecule has 38 heavy (non-hydrogen) atoms. The van der Waals surface area contributed by atoms with Gasteiger partial charge in [-0.25, -0.2) is 9.59 Å². The fourth-order valence-electron chi connectivity index (χ4n) is 3.55. The highest BCUT2D eigenvalue weighted by Crippen LogP contribution is 2.27. The van der Waals surface area contributed by atoms with E-state index in [0.29, 0.717) is 19.0 Å². The first-order valence-corrected chi connectivity index (χ1v) is 12.3. The number of aliphatic hydroxyl groups excluding tert-OH is 1. The average molecular weight is 513 g/mol. The summed E-state index contributed by atoms with van der Waals surface area (Å²) in [5.74, 6) is 0.146. The normalized spacial score (nSPS) is 10.7. The second-order valence-corrected chi connectivity index (χ2v) is 8.58. The van der Waals surface area contributed by atoms with Gasteiger partial charge in [-0.15, -0.1) is 0 Å². The maximum absolute atomic E-state index is 11.8. The van der Waals surface area contributed by atoms with E-state index in [1.165, 1.54) is 0 Å². The van der Waals surface area contributed by atoms with Crippen LogP contribution in [0.2, 0.25) is 0 Å². The first-order valence-electron chi connectivity index (χ1n) is 12.3. The summed E-state index contributed by atoms with van der Waals surface area (Å²) < 4.78 is 15.9. The molecule has 0 aliphatic carbocycles. The first kappa shape index (κ1) is 28.2. The molecule has 0 saturated heterocycles. The molecule has 0 amide bonds. The van der Waals surface area contributed by atoms with Gasteiger partial charge >= 0.3 is 11.9 Å². The van der Waals surface area contributed by atoms with E-state index in [1.807, 2.05) is 36.4 Å². The van der Waals surface area contributed by atoms with Crippen LogP contribution in [0.4, 0.5) is 0 Å². The number of aliphatic hydroxyl groups is 1. The molecule has 3 aromatic carbocycles. The van der Waals surface area contributed by atoms with Crippen molar-refractivity contribution in [2.45, 2.75) is 19.8 Å². The van der Waals surface area contributed by atoms with E-state index >= 15 is 0 Å². The minimum atomic E-state index is -0.643. The van der Waals surface area contributed by atoms with Crippen molar-refractivity contribution in [3.05, 3.63) is 108 Å². The summed E-state index contributed by atoms with van der Waals surface area (Å²) in [6.07, 6.45) is 6.80. The Morgan fingerprint density at radius 3 is 2.16 bits per heavy atom. The van der Waals surface area contributed by atoms with Gasteiger partial charge in [-0.05, 0) is 71.8 Å². The maximum Gasteiger partial charge on any atom is 0.341 e. The molecule has 0 saturated carbocycles. The lowest BCUT2D eigenvalue weighted by atomic mass is 9.98. The third-order valence-corrected chi connectivity index (χ3v) is 5.67. The van der Waals surface area contributed by atoms with Crippen LogP contribution < -0.4 is 9.47 Å². The van der Waals surface area contributed by atoms with Crippen molar-refractivity contribution < 1.29 is 28.9 Å². The fraction of sp³-hybridized carbons (Fsp3) is 0.188. The van der Waals surface area contributed by atoms with Crippen molar-refractivity contribution in [1.29, 1.82) is 0 Å². The van der Waals surface area contributed by atoms with Crippen LogP contribution in [0.3, 0.4) is 0 Å². The van der Waals surface area contributed by atoms with Gasteiger partial charge in [0.25, 0.3) is 0 Å². The predicted octanol–water partition coefficient (Wildman–Crippen LogP) is 6.17. The van der Waals surface area contributed by atoms with Gasteiger partial charge in [-0.1, -0.05) is 67.8 Å². The number of benzene rings is 3. The van der Waals surface area contributed by atoms with Gasteiger partial charge in [0.2, 0.25) is 0 Å². The molecule has 6 heteroatoms. The summed E-state index contributed by atoms with van der Waals surface area (Å²) in [5.41, 5.74) is 5.36. The summed E-state index contributed by atoms with van der Waals surface area (Å²) in [7, 11) is 0. The number of rotatable bonds is 13. The fourth-order valence-corrected chi connectivity index (χ4v) is 3.55. The minimum absolute atomic E-state index is 0.00950. The second kappa shape index (κ2) is 14.4. The number of carbonyl (C=O) groups excluding carboxylic acids is 2. The Labute approximate surface area is 223 Å². The molecule has 0 atom stereocenters. The first-order chi connectivity index (χ1) is 18.4. The molecule has 196 valence electrons. The van der Waals surface area contributed by atoms with Crippen LogP contribution >= 0.6 is 0 Å². The number of hydrogen-bond donors (Lipinski definition) is 1. The Bertz CT molecular complexity index is 1290. The highest BCUT2D eigenvalue weighted by Gasteiger charge is 2.09. The molecule has 3 rings (SSSR count). The summed E-state index contributed by atoms with van der Waals surface area (Å²) in [6.45, 7) is 9.38. The molecule has 0 aromatic heterocycles. The number of hydrogen-bond acceptors (Lipinski definition) is 6. The summed E-state index contributed by atoms with van der Waals surface area (Å²) in [5, 5.41) is 8.99. The van der Waals surface area contributed by atoms with Gasteiger partial charge in [0.05, 0.1) is 25.4 Å². The van der Waals surface area contributed by atoms with Crippen LogP contribution in [0.1, 0.15) is 29.5 Å². The quantitative estimate of drug-likeness (QED) is 0.0969.